The van der Waals surface area contributed by atoms with Crippen molar-refractivity contribution in [3.05, 3.63) is 23.4 Å². The molecule has 0 radical (unpaired) electrons. The van der Waals surface area contributed by atoms with Gasteiger partial charge in [-0.3, -0.25) is 0 Å². The van der Waals surface area contributed by atoms with E-state index in [-0.39, 0.29) is 6.10 Å². The Morgan fingerprint density at radius 1 is 1.57 bits per heavy atom. The Balaban J connectivity index is 2.11. The smallest absolute Gasteiger partial charge is 0.214 e. The third-order valence-corrected chi connectivity index (χ3v) is 2.12. The van der Waals surface area contributed by atoms with Crippen LogP contribution in [0.5, 0.6) is 5.88 Å². The Labute approximate surface area is 83.0 Å². The largest absolute Gasteiger partial charge is 0.469 e. The van der Waals surface area contributed by atoms with Gasteiger partial charge in [-0.25, -0.2) is 4.98 Å². The Morgan fingerprint density at radius 3 is 2.93 bits per heavy atom. The summed E-state index contributed by atoms with van der Waals surface area (Å²) in [5, 5.41) is 0. The molecule has 1 fully saturated rings. The maximum absolute atomic E-state index is 5.58. The molecule has 1 aliphatic heterocycles. The van der Waals surface area contributed by atoms with Gasteiger partial charge in [-0.15, -0.1) is 0 Å². The zero-order valence-electron chi connectivity index (χ0n) is 8.19. The highest BCUT2D eigenvalue weighted by Gasteiger charge is 2.20. The maximum atomic E-state index is 5.58. The Bertz CT molecular complexity index is 324. The summed E-state index contributed by atoms with van der Waals surface area (Å²) in [4.78, 5) is 4.27. The topological polar surface area (TPSA) is 57.4 Å². The van der Waals surface area contributed by atoms with Crippen molar-refractivity contribution in [1.82, 2.24) is 4.98 Å². The summed E-state index contributed by atoms with van der Waals surface area (Å²) in [6.07, 6.45) is 0.162. The highest BCUT2D eigenvalue weighted by Crippen LogP contribution is 2.16. The first-order chi connectivity index (χ1) is 6.78. The van der Waals surface area contributed by atoms with E-state index >= 15 is 0 Å². The van der Waals surface area contributed by atoms with Crippen LogP contribution in [-0.2, 0) is 11.3 Å². The molecule has 0 aromatic carbocycles. The molecule has 0 bridgehead atoms. The molecule has 1 aromatic rings. The molecule has 0 spiro atoms. The maximum Gasteiger partial charge on any atom is 0.214 e. The SMILES string of the molecule is Cc1cc(CN)cc(OC2COC2)n1. The average molecular weight is 194 g/mol. The van der Waals surface area contributed by atoms with Gasteiger partial charge in [0.25, 0.3) is 0 Å². The van der Waals surface area contributed by atoms with Gasteiger partial charge in [0, 0.05) is 18.3 Å². The van der Waals surface area contributed by atoms with Crippen LogP contribution in [0.2, 0.25) is 0 Å². The molecule has 2 N–H and O–H groups in total. The number of aryl methyl sites for hydroxylation is 1. The van der Waals surface area contributed by atoms with Gasteiger partial charge in [0.2, 0.25) is 5.88 Å². The van der Waals surface area contributed by atoms with Crippen LogP contribution in [0.3, 0.4) is 0 Å². The Kier molecular flexibility index (Phi) is 2.65. The number of hydrogen-bond donors (Lipinski definition) is 1. The fourth-order valence-electron chi connectivity index (χ4n) is 1.34. The predicted octanol–water partition coefficient (Wildman–Crippen LogP) is 0.626. The van der Waals surface area contributed by atoms with Gasteiger partial charge >= 0.3 is 0 Å². The van der Waals surface area contributed by atoms with E-state index in [1.807, 2.05) is 19.1 Å². The van der Waals surface area contributed by atoms with Crippen molar-refractivity contribution in [2.24, 2.45) is 5.73 Å². The molecule has 2 rings (SSSR count). The Hall–Kier alpha value is -1.13. The van der Waals surface area contributed by atoms with Crippen LogP contribution >= 0.6 is 0 Å². The molecule has 0 atom stereocenters. The van der Waals surface area contributed by atoms with E-state index in [9.17, 15) is 0 Å². The van der Waals surface area contributed by atoms with Crippen LogP contribution in [0.4, 0.5) is 0 Å². The van der Waals surface area contributed by atoms with E-state index in [1.165, 1.54) is 0 Å². The van der Waals surface area contributed by atoms with E-state index in [4.69, 9.17) is 15.2 Å². The molecule has 1 aromatic heterocycles. The van der Waals surface area contributed by atoms with Crippen LogP contribution in [0.15, 0.2) is 12.1 Å². The summed E-state index contributed by atoms with van der Waals surface area (Å²) in [6.45, 7) is 3.77. The second-order valence-electron chi connectivity index (χ2n) is 3.44. The van der Waals surface area contributed by atoms with E-state index in [2.05, 4.69) is 4.98 Å². The summed E-state index contributed by atoms with van der Waals surface area (Å²) in [5.74, 6) is 0.652. The van der Waals surface area contributed by atoms with E-state index in [1.54, 1.807) is 0 Å². The number of nitrogens with zero attached hydrogens (tertiary/aromatic N) is 1. The minimum absolute atomic E-state index is 0.162. The van der Waals surface area contributed by atoms with Gasteiger partial charge in [-0.05, 0) is 18.6 Å². The lowest BCUT2D eigenvalue weighted by Gasteiger charge is -2.26. The normalized spacial score (nSPS) is 16.4. The summed E-state index contributed by atoms with van der Waals surface area (Å²) in [5.41, 5.74) is 7.54. The first-order valence-corrected chi connectivity index (χ1v) is 4.70. The summed E-state index contributed by atoms with van der Waals surface area (Å²) >= 11 is 0. The van der Waals surface area contributed by atoms with Crippen LogP contribution in [0.1, 0.15) is 11.3 Å². The van der Waals surface area contributed by atoms with Crippen molar-refractivity contribution < 1.29 is 9.47 Å². The van der Waals surface area contributed by atoms with Gasteiger partial charge < -0.3 is 15.2 Å². The zero-order chi connectivity index (χ0) is 9.97. The van der Waals surface area contributed by atoms with Gasteiger partial charge in [0.15, 0.2) is 0 Å². The fraction of sp³-hybridized carbons (Fsp3) is 0.500. The van der Waals surface area contributed by atoms with Crippen molar-refractivity contribution in [3.63, 3.8) is 0 Å². The number of pyridine rings is 1. The fourth-order valence-corrected chi connectivity index (χ4v) is 1.34. The van der Waals surface area contributed by atoms with Crippen LogP contribution in [0, 0.1) is 6.92 Å². The van der Waals surface area contributed by atoms with Crippen LogP contribution < -0.4 is 10.5 Å². The van der Waals surface area contributed by atoms with E-state index < -0.39 is 0 Å². The highest BCUT2D eigenvalue weighted by atomic mass is 16.6. The number of rotatable bonds is 3. The number of aromatic nitrogens is 1. The van der Waals surface area contributed by atoms with Crippen LogP contribution in [0.25, 0.3) is 0 Å². The summed E-state index contributed by atoms with van der Waals surface area (Å²) in [6, 6.07) is 3.84. The van der Waals surface area contributed by atoms with Gasteiger partial charge in [0.05, 0.1) is 13.2 Å². The molecule has 76 valence electrons. The predicted molar refractivity (Wildman–Crippen MR) is 52.1 cm³/mol. The zero-order valence-corrected chi connectivity index (χ0v) is 8.19. The van der Waals surface area contributed by atoms with Gasteiger partial charge in [-0.1, -0.05) is 0 Å². The van der Waals surface area contributed by atoms with E-state index in [0.717, 1.165) is 11.3 Å². The third kappa shape index (κ3) is 2.02. The van der Waals surface area contributed by atoms with Crippen molar-refractivity contribution in [2.75, 3.05) is 13.2 Å². The lowest BCUT2D eigenvalue weighted by molar-refractivity contribution is -0.0814. The number of hydrogen-bond acceptors (Lipinski definition) is 4. The minimum atomic E-state index is 0.162. The van der Waals surface area contributed by atoms with Crippen molar-refractivity contribution in [2.45, 2.75) is 19.6 Å². The molecule has 4 heteroatoms. The van der Waals surface area contributed by atoms with E-state index in [0.29, 0.717) is 25.6 Å². The monoisotopic (exact) mass is 194 g/mol. The molecule has 2 heterocycles. The highest BCUT2D eigenvalue weighted by molar-refractivity contribution is 5.24. The molecule has 0 unspecified atom stereocenters. The molecule has 14 heavy (non-hydrogen) atoms. The molecule has 1 saturated heterocycles. The minimum Gasteiger partial charge on any atom is -0.469 e. The number of ether oxygens (including phenoxy) is 2. The Morgan fingerprint density at radius 2 is 2.36 bits per heavy atom. The average Bonchev–Trinajstić information content (AvgIpc) is 2.10. The quantitative estimate of drug-likeness (QED) is 0.766. The van der Waals surface area contributed by atoms with Crippen molar-refractivity contribution >= 4 is 0 Å². The van der Waals surface area contributed by atoms with Gasteiger partial charge in [0.1, 0.15) is 6.10 Å². The molecule has 0 amide bonds. The first-order valence-electron chi connectivity index (χ1n) is 4.70. The van der Waals surface area contributed by atoms with Crippen LogP contribution in [-0.4, -0.2) is 24.3 Å². The second-order valence-corrected chi connectivity index (χ2v) is 3.44. The molecule has 0 saturated carbocycles. The van der Waals surface area contributed by atoms with Gasteiger partial charge in [-0.2, -0.15) is 0 Å². The molecular formula is C10H14N2O2. The lowest BCUT2D eigenvalue weighted by Crippen LogP contribution is -2.38. The molecule has 4 nitrogen and oxygen atoms in total. The summed E-state index contributed by atoms with van der Waals surface area (Å²) in [7, 11) is 0. The van der Waals surface area contributed by atoms with Crippen molar-refractivity contribution in [1.29, 1.82) is 0 Å². The standard InChI is InChI=1S/C10H14N2O2/c1-7-2-8(4-11)3-10(12-7)14-9-5-13-6-9/h2-3,9H,4-6,11H2,1H3. The first kappa shape index (κ1) is 9.43. The molecule has 0 aliphatic carbocycles. The second kappa shape index (κ2) is 3.94. The third-order valence-electron chi connectivity index (χ3n) is 2.12. The van der Waals surface area contributed by atoms with Crippen molar-refractivity contribution in [3.8, 4) is 5.88 Å². The number of nitrogens with two attached hydrogens (primary N) is 1. The lowest BCUT2D eigenvalue weighted by atomic mass is 10.2. The molecule has 1 aliphatic rings. The summed E-state index contributed by atoms with van der Waals surface area (Å²) < 4.78 is 10.6. The molecular weight excluding hydrogens is 180 g/mol.